The van der Waals surface area contributed by atoms with E-state index in [0.29, 0.717) is 22.8 Å². The Bertz CT molecular complexity index is 641. The van der Waals surface area contributed by atoms with E-state index in [4.69, 9.17) is 10.5 Å². The van der Waals surface area contributed by atoms with Gasteiger partial charge in [0.2, 0.25) is 0 Å². The number of rotatable bonds is 5. The lowest BCUT2D eigenvalue weighted by Gasteiger charge is -2.09. The van der Waals surface area contributed by atoms with Crippen LogP contribution in [0.25, 0.3) is 0 Å². The highest BCUT2D eigenvalue weighted by atomic mass is 16.5. The molecule has 1 aromatic heterocycles. The van der Waals surface area contributed by atoms with E-state index < -0.39 is 0 Å². The second-order valence-electron chi connectivity index (χ2n) is 4.71. The number of amides is 1. The number of carbonyl (C=O) groups is 1. The van der Waals surface area contributed by atoms with Crippen molar-refractivity contribution in [3.05, 3.63) is 47.7 Å². The van der Waals surface area contributed by atoms with Gasteiger partial charge >= 0.3 is 0 Å². The Morgan fingerprint density at radius 1 is 1.33 bits per heavy atom. The SMILES string of the molecule is CCCc1cc(C(=O)Nc2cccc(OC)c2)cc(N)n1. The molecule has 2 aromatic rings. The molecule has 1 amide bonds. The highest BCUT2D eigenvalue weighted by Gasteiger charge is 2.09. The number of hydrogen-bond donors (Lipinski definition) is 2. The average molecular weight is 285 g/mol. The van der Waals surface area contributed by atoms with Gasteiger partial charge in [0.15, 0.2) is 0 Å². The lowest BCUT2D eigenvalue weighted by atomic mass is 10.1. The number of anilines is 2. The zero-order valence-electron chi connectivity index (χ0n) is 12.2. The molecular weight excluding hydrogens is 266 g/mol. The van der Waals surface area contributed by atoms with E-state index in [2.05, 4.69) is 17.2 Å². The van der Waals surface area contributed by atoms with Crippen molar-refractivity contribution in [2.45, 2.75) is 19.8 Å². The fourth-order valence-corrected chi connectivity index (χ4v) is 2.03. The first-order chi connectivity index (χ1) is 10.1. The highest BCUT2D eigenvalue weighted by Crippen LogP contribution is 2.18. The molecule has 0 saturated heterocycles. The Morgan fingerprint density at radius 2 is 2.14 bits per heavy atom. The predicted molar refractivity (Wildman–Crippen MR) is 83.6 cm³/mol. The summed E-state index contributed by atoms with van der Waals surface area (Å²) in [6, 6.07) is 10.6. The number of carbonyl (C=O) groups excluding carboxylic acids is 1. The number of aromatic nitrogens is 1. The minimum Gasteiger partial charge on any atom is -0.497 e. The molecule has 0 fully saturated rings. The molecule has 0 aliphatic rings. The molecule has 1 heterocycles. The van der Waals surface area contributed by atoms with Gasteiger partial charge in [-0.1, -0.05) is 19.4 Å². The number of nitrogens with one attached hydrogen (secondary N) is 1. The summed E-state index contributed by atoms with van der Waals surface area (Å²) >= 11 is 0. The van der Waals surface area contributed by atoms with Crippen LogP contribution < -0.4 is 15.8 Å². The number of hydrogen-bond acceptors (Lipinski definition) is 4. The van der Waals surface area contributed by atoms with Crippen LogP contribution in [0.1, 0.15) is 29.4 Å². The quantitative estimate of drug-likeness (QED) is 0.885. The Hall–Kier alpha value is -2.56. The van der Waals surface area contributed by atoms with Crippen LogP contribution in [0.2, 0.25) is 0 Å². The molecule has 0 bridgehead atoms. The molecule has 1 aromatic carbocycles. The summed E-state index contributed by atoms with van der Waals surface area (Å²) in [7, 11) is 1.58. The van der Waals surface area contributed by atoms with Gasteiger partial charge in [0.1, 0.15) is 11.6 Å². The predicted octanol–water partition coefficient (Wildman–Crippen LogP) is 2.88. The summed E-state index contributed by atoms with van der Waals surface area (Å²) in [6.45, 7) is 2.06. The zero-order valence-corrected chi connectivity index (χ0v) is 12.2. The maximum Gasteiger partial charge on any atom is 0.255 e. The molecule has 0 aliphatic carbocycles. The second-order valence-corrected chi connectivity index (χ2v) is 4.71. The number of nitrogen functional groups attached to an aromatic ring is 1. The zero-order chi connectivity index (χ0) is 15.2. The lowest BCUT2D eigenvalue weighted by Crippen LogP contribution is -2.13. The molecule has 110 valence electrons. The molecule has 0 spiro atoms. The largest absolute Gasteiger partial charge is 0.497 e. The molecule has 0 saturated carbocycles. The van der Waals surface area contributed by atoms with Crippen LogP contribution in [0.15, 0.2) is 36.4 Å². The monoisotopic (exact) mass is 285 g/mol. The molecule has 5 heteroatoms. The van der Waals surface area contributed by atoms with Gasteiger partial charge < -0.3 is 15.8 Å². The summed E-state index contributed by atoms with van der Waals surface area (Å²) in [5.41, 5.74) is 7.76. The topological polar surface area (TPSA) is 77.2 Å². The summed E-state index contributed by atoms with van der Waals surface area (Å²) in [5.74, 6) is 0.833. The van der Waals surface area contributed by atoms with Crippen molar-refractivity contribution in [3.8, 4) is 5.75 Å². The Morgan fingerprint density at radius 3 is 2.86 bits per heavy atom. The minimum atomic E-state index is -0.213. The van der Waals surface area contributed by atoms with Crippen molar-refractivity contribution >= 4 is 17.4 Å². The van der Waals surface area contributed by atoms with Gasteiger partial charge in [0.25, 0.3) is 5.91 Å². The number of ether oxygens (including phenoxy) is 1. The van der Waals surface area contributed by atoms with E-state index in [1.807, 2.05) is 12.1 Å². The Kier molecular flexibility index (Phi) is 4.77. The van der Waals surface area contributed by atoms with Crippen molar-refractivity contribution in [2.24, 2.45) is 0 Å². The minimum absolute atomic E-state index is 0.213. The number of pyridine rings is 1. The molecule has 0 atom stereocenters. The third-order valence-electron chi connectivity index (χ3n) is 2.99. The van der Waals surface area contributed by atoms with E-state index in [9.17, 15) is 4.79 Å². The number of nitrogens with two attached hydrogens (primary N) is 1. The molecule has 5 nitrogen and oxygen atoms in total. The van der Waals surface area contributed by atoms with Crippen LogP contribution in [0.3, 0.4) is 0 Å². The standard InChI is InChI=1S/C16H19N3O2/c1-3-5-12-8-11(9-15(17)18-12)16(20)19-13-6-4-7-14(10-13)21-2/h4,6-10H,3,5H2,1-2H3,(H2,17,18)(H,19,20). The highest BCUT2D eigenvalue weighted by molar-refractivity contribution is 6.04. The normalized spacial score (nSPS) is 10.2. The van der Waals surface area contributed by atoms with Gasteiger partial charge in [-0.2, -0.15) is 0 Å². The van der Waals surface area contributed by atoms with Gasteiger partial charge in [-0.3, -0.25) is 4.79 Å². The van der Waals surface area contributed by atoms with Gasteiger partial charge in [-0.25, -0.2) is 4.98 Å². The third-order valence-corrected chi connectivity index (χ3v) is 2.99. The first kappa shape index (κ1) is 14.8. The van der Waals surface area contributed by atoms with Crippen LogP contribution in [-0.4, -0.2) is 18.0 Å². The maximum atomic E-state index is 12.3. The number of nitrogens with zero attached hydrogens (tertiary/aromatic N) is 1. The fourth-order valence-electron chi connectivity index (χ4n) is 2.03. The Labute approximate surface area is 124 Å². The van der Waals surface area contributed by atoms with Crippen molar-refractivity contribution in [3.63, 3.8) is 0 Å². The van der Waals surface area contributed by atoms with Gasteiger partial charge in [-0.15, -0.1) is 0 Å². The smallest absolute Gasteiger partial charge is 0.255 e. The van der Waals surface area contributed by atoms with E-state index in [1.165, 1.54) is 0 Å². The van der Waals surface area contributed by atoms with Crippen LogP contribution in [0.5, 0.6) is 5.75 Å². The van der Waals surface area contributed by atoms with Crippen LogP contribution in [0.4, 0.5) is 11.5 Å². The third kappa shape index (κ3) is 3.95. The lowest BCUT2D eigenvalue weighted by molar-refractivity contribution is 0.102. The Balaban J connectivity index is 2.19. The van der Waals surface area contributed by atoms with E-state index in [1.54, 1.807) is 31.4 Å². The van der Waals surface area contributed by atoms with Crippen molar-refractivity contribution < 1.29 is 9.53 Å². The fraction of sp³-hybridized carbons (Fsp3) is 0.250. The van der Waals surface area contributed by atoms with Crippen molar-refractivity contribution in [1.29, 1.82) is 0 Å². The van der Waals surface area contributed by atoms with E-state index in [-0.39, 0.29) is 5.91 Å². The summed E-state index contributed by atoms with van der Waals surface area (Å²) in [4.78, 5) is 16.5. The number of methoxy groups -OCH3 is 1. The van der Waals surface area contributed by atoms with Crippen LogP contribution >= 0.6 is 0 Å². The van der Waals surface area contributed by atoms with Gasteiger partial charge in [0, 0.05) is 23.0 Å². The maximum absolute atomic E-state index is 12.3. The molecule has 0 radical (unpaired) electrons. The van der Waals surface area contributed by atoms with Crippen LogP contribution in [-0.2, 0) is 6.42 Å². The van der Waals surface area contributed by atoms with Crippen LogP contribution in [0, 0.1) is 0 Å². The van der Waals surface area contributed by atoms with Crippen molar-refractivity contribution in [2.75, 3.05) is 18.2 Å². The number of aryl methyl sites for hydroxylation is 1. The molecule has 0 unspecified atom stereocenters. The van der Waals surface area contributed by atoms with Gasteiger partial charge in [-0.05, 0) is 30.7 Å². The first-order valence-corrected chi connectivity index (χ1v) is 6.84. The molecule has 21 heavy (non-hydrogen) atoms. The average Bonchev–Trinajstić information content (AvgIpc) is 2.47. The van der Waals surface area contributed by atoms with E-state index >= 15 is 0 Å². The summed E-state index contributed by atoms with van der Waals surface area (Å²) < 4.78 is 5.13. The first-order valence-electron chi connectivity index (χ1n) is 6.84. The molecule has 2 rings (SSSR count). The summed E-state index contributed by atoms with van der Waals surface area (Å²) in [5, 5.41) is 2.83. The summed E-state index contributed by atoms with van der Waals surface area (Å²) in [6.07, 6.45) is 1.75. The second kappa shape index (κ2) is 6.74. The number of benzene rings is 1. The molecule has 3 N–H and O–H groups in total. The molecule has 0 aliphatic heterocycles. The van der Waals surface area contributed by atoms with Gasteiger partial charge in [0.05, 0.1) is 7.11 Å². The molecular formula is C16H19N3O2. The van der Waals surface area contributed by atoms with E-state index in [0.717, 1.165) is 18.5 Å². The van der Waals surface area contributed by atoms with Crippen molar-refractivity contribution in [1.82, 2.24) is 4.98 Å².